The minimum Gasteiger partial charge on any atom is -0.458 e. The molecular formula is C27H38N2O5S. The van der Waals surface area contributed by atoms with Crippen molar-refractivity contribution < 1.29 is 24.2 Å². The van der Waals surface area contributed by atoms with E-state index in [4.69, 9.17) is 9.47 Å². The van der Waals surface area contributed by atoms with Crippen LogP contribution < -0.4 is 0 Å². The van der Waals surface area contributed by atoms with E-state index < -0.39 is 35.4 Å². The average Bonchev–Trinajstić information content (AvgIpc) is 3.42. The fraction of sp³-hybridized carbons (Fsp3) is 0.704. The molecule has 0 bridgehead atoms. The minimum absolute atomic E-state index is 0.00478. The molecule has 2 aliphatic heterocycles. The number of hydrogen-bond acceptors (Lipinski definition) is 8. The molecule has 3 rings (SSSR count). The topological polar surface area (TPSA) is 113 Å². The number of nitriles is 1. The molecule has 192 valence electrons. The summed E-state index contributed by atoms with van der Waals surface area (Å²) in [5, 5.41) is 23.6. The van der Waals surface area contributed by atoms with Crippen LogP contribution in [0, 0.1) is 41.4 Å². The van der Waals surface area contributed by atoms with Gasteiger partial charge < -0.3 is 14.6 Å². The number of cyclic esters (lactones) is 1. The molecule has 2 unspecified atom stereocenters. The number of epoxide rings is 1. The number of rotatable bonds is 2. The number of ketones is 1. The Morgan fingerprint density at radius 1 is 1.29 bits per heavy atom. The molecule has 7 atom stereocenters. The maximum Gasteiger partial charge on any atom is 0.307 e. The van der Waals surface area contributed by atoms with E-state index in [9.17, 15) is 20.0 Å². The normalized spacial score (nSPS) is 35.0. The van der Waals surface area contributed by atoms with Crippen LogP contribution in [-0.2, 0) is 19.1 Å². The van der Waals surface area contributed by atoms with Crippen LogP contribution in [0.4, 0.5) is 0 Å². The Balaban J connectivity index is 1.85. The smallest absolute Gasteiger partial charge is 0.307 e. The van der Waals surface area contributed by atoms with Gasteiger partial charge in [0.05, 0.1) is 47.4 Å². The number of nitrogens with zero attached hydrogens (tertiary/aromatic N) is 2. The number of aliphatic hydroxyl groups excluding tert-OH is 1. The summed E-state index contributed by atoms with van der Waals surface area (Å²) in [6.07, 6.45) is 3.61. The fourth-order valence-electron chi connectivity index (χ4n) is 5.00. The molecule has 0 amide bonds. The molecule has 3 heterocycles. The Morgan fingerprint density at radius 2 is 2.00 bits per heavy atom. The summed E-state index contributed by atoms with van der Waals surface area (Å²) < 4.78 is 11.8. The average molecular weight is 503 g/mol. The first-order chi connectivity index (χ1) is 16.4. The predicted molar refractivity (Wildman–Crippen MR) is 134 cm³/mol. The van der Waals surface area contributed by atoms with Gasteiger partial charge in [0.2, 0.25) is 0 Å². The van der Waals surface area contributed by atoms with Gasteiger partial charge in [0.25, 0.3) is 0 Å². The largest absolute Gasteiger partial charge is 0.458 e. The molecule has 2 aliphatic rings. The summed E-state index contributed by atoms with van der Waals surface area (Å²) in [5.74, 6) is -2.28. The van der Waals surface area contributed by atoms with Crippen LogP contribution in [0.1, 0.15) is 77.4 Å². The zero-order valence-electron chi connectivity index (χ0n) is 21.6. The van der Waals surface area contributed by atoms with Gasteiger partial charge >= 0.3 is 5.97 Å². The third-order valence-electron chi connectivity index (χ3n) is 7.62. The Morgan fingerprint density at radius 3 is 2.63 bits per heavy atom. The van der Waals surface area contributed by atoms with Crippen molar-refractivity contribution in [2.75, 3.05) is 0 Å². The van der Waals surface area contributed by atoms with E-state index in [1.54, 1.807) is 32.1 Å². The molecule has 0 aliphatic carbocycles. The van der Waals surface area contributed by atoms with Crippen molar-refractivity contribution in [2.24, 2.45) is 23.2 Å². The van der Waals surface area contributed by atoms with Gasteiger partial charge in [0.1, 0.15) is 11.9 Å². The summed E-state index contributed by atoms with van der Waals surface area (Å²) in [4.78, 5) is 30.8. The molecular weight excluding hydrogens is 464 g/mol. The van der Waals surface area contributed by atoms with E-state index in [2.05, 4.69) is 11.1 Å². The number of carbonyl (C=O) groups is 2. The van der Waals surface area contributed by atoms with Crippen LogP contribution in [0.15, 0.2) is 11.0 Å². The Hall–Kier alpha value is -2.08. The number of carbonyl (C=O) groups excluding carboxylic acids is 2. The lowest BCUT2D eigenvalue weighted by atomic mass is 9.69. The summed E-state index contributed by atoms with van der Waals surface area (Å²) >= 11 is 1.56. The van der Waals surface area contributed by atoms with Gasteiger partial charge in [-0.15, -0.1) is 11.3 Å². The molecule has 7 nitrogen and oxygen atoms in total. The molecule has 1 N–H and O–H groups in total. The minimum atomic E-state index is -1.10. The van der Waals surface area contributed by atoms with Crippen molar-refractivity contribution in [3.05, 3.63) is 21.7 Å². The van der Waals surface area contributed by atoms with Crippen LogP contribution >= 0.6 is 11.3 Å². The second-order valence-corrected chi connectivity index (χ2v) is 11.8. The quantitative estimate of drug-likeness (QED) is 0.453. The van der Waals surface area contributed by atoms with Gasteiger partial charge in [-0.2, -0.15) is 5.26 Å². The maximum atomic E-state index is 13.3. The van der Waals surface area contributed by atoms with Gasteiger partial charge in [0, 0.05) is 23.1 Å². The Labute approximate surface area is 212 Å². The van der Waals surface area contributed by atoms with Crippen LogP contribution in [0.25, 0.3) is 6.08 Å². The number of fused-ring (bicyclic) bond motifs is 1. The maximum absolute atomic E-state index is 13.3. The Kier molecular flexibility index (Phi) is 8.90. The summed E-state index contributed by atoms with van der Waals surface area (Å²) in [6, 6.07) is 2.16. The molecule has 0 radical (unpaired) electrons. The highest BCUT2D eigenvalue weighted by Gasteiger charge is 2.45. The van der Waals surface area contributed by atoms with Gasteiger partial charge in [-0.25, -0.2) is 4.98 Å². The lowest BCUT2D eigenvalue weighted by Crippen LogP contribution is -2.43. The number of Topliss-reactive ketones (excluding diaryl/α,β-unsaturated/α-hetero) is 1. The number of esters is 1. The highest BCUT2D eigenvalue weighted by Crippen LogP contribution is 2.38. The number of aromatic nitrogens is 1. The van der Waals surface area contributed by atoms with Crippen molar-refractivity contribution in [1.82, 2.24) is 4.98 Å². The van der Waals surface area contributed by atoms with E-state index in [0.29, 0.717) is 6.42 Å². The standard InChI is InChI=1S/C27H38N2O5S/c1-15-8-7-9-21-23(33-21)12-22(16(2)10-20-14-35-18(4)29-20)34-24(30)11-19(13-28)27(5,6)26(32)17(3)25(15)31/h10,14-15,17,19,21-23,25,31H,7-9,11-12H2,1-6H3/b16-10+/t15-,17+,19?,21?,22-,23-,25-/m0/s1. The fourth-order valence-corrected chi connectivity index (χ4v) is 5.57. The molecule has 35 heavy (non-hydrogen) atoms. The zero-order chi connectivity index (χ0) is 25.9. The Bertz CT molecular complexity index is 994. The second kappa shape index (κ2) is 11.3. The third kappa shape index (κ3) is 6.78. The number of hydrogen-bond donors (Lipinski definition) is 1. The first kappa shape index (κ1) is 27.5. The van der Waals surface area contributed by atoms with Crippen LogP contribution in [0.2, 0.25) is 0 Å². The summed E-state index contributed by atoms with van der Waals surface area (Å²) in [6.45, 7) is 10.9. The van der Waals surface area contributed by atoms with E-state index >= 15 is 0 Å². The molecule has 0 aromatic carbocycles. The number of aryl methyl sites for hydroxylation is 1. The monoisotopic (exact) mass is 502 g/mol. The lowest BCUT2D eigenvalue weighted by molar-refractivity contribution is -0.150. The van der Waals surface area contributed by atoms with E-state index in [-0.39, 0.29) is 30.3 Å². The molecule has 0 saturated carbocycles. The van der Waals surface area contributed by atoms with Gasteiger partial charge in [-0.3, -0.25) is 9.59 Å². The van der Waals surface area contributed by atoms with Gasteiger partial charge in [-0.05, 0) is 44.3 Å². The van der Waals surface area contributed by atoms with E-state index in [0.717, 1.165) is 35.5 Å². The lowest BCUT2D eigenvalue weighted by Gasteiger charge is -2.34. The molecule has 0 spiro atoms. The predicted octanol–water partition coefficient (Wildman–Crippen LogP) is 4.87. The van der Waals surface area contributed by atoms with Crippen molar-refractivity contribution >= 4 is 29.2 Å². The molecule has 1 aromatic heterocycles. The number of thiazole rings is 1. The van der Waals surface area contributed by atoms with Crippen LogP contribution in [0.5, 0.6) is 0 Å². The van der Waals surface area contributed by atoms with Crippen LogP contribution in [-0.4, -0.2) is 46.3 Å². The van der Waals surface area contributed by atoms with Crippen molar-refractivity contribution in [1.29, 1.82) is 5.26 Å². The van der Waals surface area contributed by atoms with Crippen LogP contribution in [0.3, 0.4) is 0 Å². The molecule has 2 saturated heterocycles. The van der Waals surface area contributed by atoms with Crippen molar-refractivity contribution in [2.45, 2.75) is 98.1 Å². The van der Waals surface area contributed by atoms with Crippen molar-refractivity contribution in [3.8, 4) is 6.07 Å². The first-order valence-corrected chi connectivity index (χ1v) is 13.4. The van der Waals surface area contributed by atoms with E-state index in [1.807, 2.05) is 32.2 Å². The summed E-state index contributed by atoms with van der Waals surface area (Å²) in [7, 11) is 0. The molecule has 8 heteroatoms. The molecule has 1 aromatic rings. The van der Waals surface area contributed by atoms with E-state index in [1.165, 1.54) is 0 Å². The number of aliphatic hydroxyl groups is 1. The highest BCUT2D eigenvalue weighted by molar-refractivity contribution is 7.09. The second-order valence-electron chi connectivity index (χ2n) is 10.8. The third-order valence-corrected chi connectivity index (χ3v) is 8.41. The molecule has 2 fully saturated rings. The SMILES string of the molecule is C/C(=C\c1csc(C)n1)[C@@H]1C[C@@H]2OC2CCC[C@H](C)[C@H](O)[C@@H](C)C(=O)C(C)(C)C(C#N)CC(=O)O1. The van der Waals surface area contributed by atoms with Gasteiger partial charge in [-0.1, -0.05) is 34.1 Å². The van der Waals surface area contributed by atoms with Gasteiger partial charge in [0.15, 0.2) is 0 Å². The number of ether oxygens (including phenoxy) is 2. The zero-order valence-corrected chi connectivity index (χ0v) is 22.4. The summed E-state index contributed by atoms with van der Waals surface area (Å²) in [5.41, 5.74) is 0.589. The first-order valence-electron chi connectivity index (χ1n) is 12.5. The van der Waals surface area contributed by atoms with Crippen molar-refractivity contribution in [3.63, 3.8) is 0 Å². The highest BCUT2D eigenvalue weighted by atomic mass is 32.1.